The molecule has 2 heterocycles. The third kappa shape index (κ3) is 3.22. The average Bonchev–Trinajstić information content (AvgIpc) is 2.52. The summed E-state index contributed by atoms with van der Waals surface area (Å²) in [5.41, 5.74) is 1.82. The first-order valence-electron chi connectivity index (χ1n) is 7.85. The van der Waals surface area contributed by atoms with Crippen molar-refractivity contribution in [3.05, 3.63) is 35.9 Å². The smallest absolute Gasteiger partial charge is 0.0594 e. The van der Waals surface area contributed by atoms with Crippen LogP contribution in [0.4, 0.5) is 0 Å². The number of likely N-dealkylation sites (tertiary alicyclic amines) is 1. The van der Waals surface area contributed by atoms with Gasteiger partial charge in [-0.1, -0.05) is 30.3 Å². The molecule has 0 atom stereocenters. The fourth-order valence-electron chi connectivity index (χ4n) is 3.45. The third-order valence-electron chi connectivity index (χ3n) is 4.96. The van der Waals surface area contributed by atoms with Crippen LogP contribution in [0.5, 0.6) is 0 Å². The van der Waals surface area contributed by atoms with Gasteiger partial charge in [-0.3, -0.25) is 9.80 Å². The number of hydrogen-bond acceptors (Lipinski definition) is 3. The Hall–Kier alpha value is -0.900. The number of hydrogen-bond donors (Lipinski definition) is 0. The van der Waals surface area contributed by atoms with Gasteiger partial charge in [0.1, 0.15) is 0 Å². The van der Waals surface area contributed by atoms with Crippen molar-refractivity contribution in [2.75, 3.05) is 39.4 Å². The zero-order valence-electron chi connectivity index (χ0n) is 12.6. The zero-order valence-corrected chi connectivity index (χ0v) is 12.6. The Morgan fingerprint density at radius 3 is 2.30 bits per heavy atom. The Bertz CT molecular complexity index is 406. The Morgan fingerprint density at radius 2 is 1.65 bits per heavy atom. The molecule has 3 rings (SSSR count). The Labute approximate surface area is 122 Å². The summed E-state index contributed by atoms with van der Waals surface area (Å²) in [6, 6.07) is 10.8. The zero-order chi connectivity index (χ0) is 13.8. The van der Waals surface area contributed by atoms with E-state index in [9.17, 15) is 0 Å². The summed E-state index contributed by atoms with van der Waals surface area (Å²) in [5.74, 6) is 0. The summed E-state index contributed by atoms with van der Waals surface area (Å²) in [7, 11) is 0. The SMILES string of the molecule is CC1(N2CCOCC2)CCN(Cc2ccccc2)CC1. The number of rotatable bonds is 3. The van der Waals surface area contributed by atoms with Gasteiger partial charge in [0.05, 0.1) is 13.2 Å². The third-order valence-corrected chi connectivity index (χ3v) is 4.96. The molecule has 0 unspecified atom stereocenters. The van der Waals surface area contributed by atoms with Crippen molar-refractivity contribution in [2.24, 2.45) is 0 Å². The lowest BCUT2D eigenvalue weighted by molar-refractivity contribution is -0.0405. The summed E-state index contributed by atoms with van der Waals surface area (Å²) >= 11 is 0. The quantitative estimate of drug-likeness (QED) is 0.841. The van der Waals surface area contributed by atoms with Crippen molar-refractivity contribution in [1.82, 2.24) is 9.80 Å². The van der Waals surface area contributed by atoms with E-state index in [4.69, 9.17) is 4.74 Å². The van der Waals surface area contributed by atoms with E-state index < -0.39 is 0 Å². The maximum Gasteiger partial charge on any atom is 0.0594 e. The lowest BCUT2D eigenvalue weighted by Gasteiger charge is -2.48. The van der Waals surface area contributed by atoms with E-state index in [1.807, 2.05) is 0 Å². The van der Waals surface area contributed by atoms with E-state index in [0.717, 1.165) is 32.8 Å². The molecule has 20 heavy (non-hydrogen) atoms. The first-order chi connectivity index (χ1) is 9.76. The average molecular weight is 274 g/mol. The molecule has 110 valence electrons. The molecule has 0 radical (unpaired) electrons. The molecule has 2 aliphatic rings. The molecule has 0 aliphatic carbocycles. The van der Waals surface area contributed by atoms with Crippen LogP contribution < -0.4 is 0 Å². The molecular weight excluding hydrogens is 248 g/mol. The van der Waals surface area contributed by atoms with Crippen molar-refractivity contribution >= 4 is 0 Å². The molecule has 0 N–H and O–H groups in total. The lowest BCUT2D eigenvalue weighted by Crippen LogP contribution is -2.56. The van der Waals surface area contributed by atoms with E-state index in [1.54, 1.807) is 0 Å². The predicted octanol–water partition coefficient (Wildman–Crippen LogP) is 2.37. The highest BCUT2D eigenvalue weighted by molar-refractivity contribution is 5.14. The highest BCUT2D eigenvalue weighted by atomic mass is 16.5. The van der Waals surface area contributed by atoms with Gasteiger partial charge in [0, 0.05) is 38.3 Å². The highest BCUT2D eigenvalue weighted by Crippen LogP contribution is 2.29. The lowest BCUT2D eigenvalue weighted by atomic mass is 9.87. The summed E-state index contributed by atoms with van der Waals surface area (Å²) in [6.45, 7) is 9.99. The van der Waals surface area contributed by atoms with Crippen LogP contribution >= 0.6 is 0 Å². The van der Waals surface area contributed by atoms with Crippen molar-refractivity contribution in [3.63, 3.8) is 0 Å². The van der Waals surface area contributed by atoms with Crippen LogP contribution in [0.3, 0.4) is 0 Å². The molecule has 2 aliphatic heterocycles. The molecule has 3 heteroatoms. The van der Waals surface area contributed by atoms with Crippen molar-refractivity contribution in [3.8, 4) is 0 Å². The van der Waals surface area contributed by atoms with Gasteiger partial charge in [-0.25, -0.2) is 0 Å². The molecule has 0 aromatic heterocycles. The first-order valence-corrected chi connectivity index (χ1v) is 7.85. The van der Waals surface area contributed by atoms with Gasteiger partial charge in [-0.05, 0) is 25.3 Å². The van der Waals surface area contributed by atoms with Gasteiger partial charge < -0.3 is 4.74 Å². The minimum Gasteiger partial charge on any atom is -0.379 e. The minimum atomic E-state index is 0.386. The second-order valence-electron chi connectivity index (χ2n) is 6.36. The number of nitrogens with zero attached hydrogens (tertiary/aromatic N) is 2. The van der Waals surface area contributed by atoms with Crippen molar-refractivity contribution in [1.29, 1.82) is 0 Å². The van der Waals surface area contributed by atoms with Crippen LogP contribution in [0.25, 0.3) is 0 Å². The van der Waals surface area contributed by atoms with E-state index in [2.05, 4.69) is 47.1 Å². The number of morpholine rings is 1. The van der Waals surface area contributed by atoms with E-state index in [0.29, 0.717) is 5.54 Å². The second-order valence-corrected chi connectivity index (χ2v) is 6.36. The van der Waals surface area contributed by atoms with Crippen molar-refractivity contribution in [2.45, 2.75) is 31.8 Å². The van der Waals surface area contributed by atoms with Crippen LogP contribution in [0.15, 0.2) is 30.3 Å². The summed E-state index contributed by atoms with van der Waals surface area (Å²) < 4.78 is 5.48. The summed E-state index contributed by atoms with van der Waals surface area (Å²) in [5, 5.41) is 0. The topological polar surface area (TPSA) is 15.7 Å². The molecule has 1 aromatic carbocycles. The molecule has 2 fully saturated rings. The monoisotopic (exact) mass is 274 g/mol. The van der Waals surface area contributed by atoms with Crippen LogP contribution in [0.1, 0.15) is 25.3 Å². The minimum absolute atomic E-state index is 0.386. The molecule has 0 spiro atoms. The molecule has 0 bridgehead atoms. The van der Waals surface area contributed by atoms with Crippen LogP contribution in [-0.4, -0.2) is 54.7 Å². The van der Waals surface area contributed by atoms with Gasteiger partial charge in [0.25, 0.3) is 0 Å². The van der Waals surface area contributed by atoms with E-state index >= 15 is 0 Å². The van der Waals surface area contributed by atoms with Crippen LogP contribution in [0.2, 0.25) is 0 Å². The standard InChI is InChI=1S/C17H26N2O/c1-17(19-11-13-20-14-12-19)7-9-18(10-8-17)15-16-5-3-2-4-6-16/h2-6H,7-15H2,1H3. The summed E-state index contributed by atoms with van der Waals surface area (Å²) in [4.78, 5) is 5.24. The number of ether oxygens (including phenoxy) is 1. The molecule has 0 amide bonds. The molecule has 0 saturated carbocycles. The van der Waals surface area contributed by atoms with Gasteiger partial charge in [-0.2, -0.15) is 0 Å². The maximum absolute atomic E-state index is 5.48. The van der Waals surface area contributed by atoms with Crippen LogP contribution in [-0.2, 0) is 11.3 Å². The predicted molar refractivity (Wildman–Crippen MR) is 81.8 cm³/mol. The molecule has 2 saturated heterocycles. The maximum atomic E-state index is 5.48. The second kappa shape index (κ2) is 6.25. The number of piperidine rings is 1. The van der Waals surface area contributed by atoms with Crippen molar-refractivity contribution < 1.29 is 4.74 Å². The van der Waals surface area contributed by atoms with Gasteiger partial charge in [-0.15, -0.1) is 0 Å². The fraction of sp³-hybridized carbons (Fsp3) is 0.647. The largest absolute Gasteiger partial charge is 0.379 e. The van der Waals surface area contributed by atoms with Gasteiger partial charge >= 0.3 is 0 Å². The van der Waals surface area contributed by atoms with Crippen LogP contribution in [0, 0.1) is 0 Å². The Balaban J connectivity index is 1.53. The number of benzene rings is 1. The Kier molecular flexibility index (Phi) is 4.39. The van der Waals surface area contributed by atoms with Gasteiger partial charge in [0.15, 0.2) is 0 Å². The summed E-state index contributed by atoms with van der Waals surface area (Å²) in [6.07, 6.45) is 2.56. The first kappa shape index (κ1) is 14.1. The van der Waals surface area contributed by atoms with E-state index in [1.165, 1.54) is 31.5 Å². The molecule has 3 nitrogen and oxygen atoms in total. The Morgan fingerprint density at radius 1 is 1.00 bits per heavy atom. The van der Waals surface area contributed by atoms with E-state index in [-0.39, 0.29) is 0 Å². The normalized spacial score (nSPS) is 24.6. The molecular formula is C17H26N2O. The highest BCUT2D eigenvalue weighted by Gasteiger charge is 2.36. The fourth-order valence-corrected chi connectivity index (χ4v) is 3.45. The van der Waals surface area contributed by atoms with Gasteiger partial charge in [0.2, 0.25) is 0 Å². The molecule has 1 aromatic rings.